The molecule has 0 bridgehead atoms. The van der Waals surface area contributed by atoms with Crippen LogP contribution >= 0.6 is 0 Å². The Morgan fingerprint density at radius 1 is 0.962 bits per heavy atom. The third-order valence-electron chi connectivity index (χ3n) is 9.50. The first-order valence-electron chi connectivity index (χ1n) is 17.5. The first-order chi connectivity index (χ1) is 25.2. The van der Waals surface area contributed by atoms with Gasteiger partial charge in [-0.1, -0.05) is 6.07 Å². The van der Waals surface area contributed by atoms with E-state index >= 15 is 0 Å². The number of aryl methyl sites for hydroxylation is 1. The van der Waals surface area contributed by atoms with Crippen molar-refractivity contribution in [2.45, 2.75) is 57.1 Å². The fourth-order valence-electron chi connectivity index (χ4n) is 6.89. The molecule has 0 unspecified atom stereocenters. The lowest BCUT2D eigenvalue weighted by Crippen LogP contribution is -2.56. The SMILES string of the molecule is COC(=O)C[C@@H]1CN(C(=O)OC(C)(C)C)CCN1c1cccc(C(=O)N2CCc3cc(S(=O)(=O)N4CCN(c5nc(C)cc(C#N)n5)CC4)ccc32)c1. The maximum atomic E-state index is 14.0. The lowest BCUT2D eigenvalue weighted by Gasteiger charge is -2.42. The summed E-state index contributed by atoms with van der Waals surface area (Å²) in [5.41, 5.74) is 2.86. The van der Waals surface area contributed by atoms with Crippen molar-refractivity contribution in [3.05, 3.63) is 71.0 Å². The average molecular weight is 745 g/mol. The number of piperazine rings is 2. The van der Waals surface area contributed by atoms with E-state index in [-0.39, 0.29) is 42.6 Å². The smallest absolute Gasteiger partial charge is 0.410 e. The quantitative estimate of drug-likeness (QED) is 0.324. The predicted octanol–water partition coefficient (Wildman–Crippen LogP) is 3.36. The van der Waals surface area contributed by atoms with Gasteiger partial charge in [0.05, 0.1) is 24.5 Å². The molecule has 3 aliphatic rings. The highest BCUT2D eigenvalue weighted by Crippen LogP contribution is 2.34. The van der Waals surface area contributed by atoms with Gasteiger partial charge in [0.15, 0.2) is 0 Å². The molecule has 1 aromatic heterocycles. The highest BCUT2D eigenvalue weighted by Gasteiger charge is 2.35. The summed E-state index contributed by atoms with van der Waals surface area (Å²) in [4.78, 5) is 55.3. The standard InChI is InChI=1S/C37H44N8O7S/c1-25-19-28(23-38)40-35(39-25)41-13-16-43(17-14-41)53(49,50)31-9-10-32-26(21-31)11-12-45(32)34(47)27-7-6-8-29(20-27)44-18-15-42(36(48)52-37(2,3)4)24-30(44)22-33(46)51-5/h6-10,19-21,30H,11-18,22,24H2,1-5H3/t30-/m1/s1. The topological polar surface area (TPSA) is 170 Å². The van der Waals surface area contributed by atoms with E-state index in [1.54, 1.807) is 80.0 Å². The van der Waals surface area contributed by atoms with Crippen molar-refractivity contribution in [2.24, 2.45) is 0 Å². The maximum Gasteiger partial charge on any atom is 0.410 e. The van der Waals surface area contributed by atoms with Gasteiger partial charge in [-0.25, -0.2) is 23.2 Å². The molecule has 2 saturated heterocycles. The summed E-state index contributed by atoms with van der Waals surface area (Å²) in [6.45, 7) is 9.83. The molecule has 280 valence electrons. The summed E-state index contributed by atoms with van der Waals surface area (Å²) in [5.74, 6) is -0.233. The number of hydrogen-bond acceptors (Lipinski definition) is 12. The van der Waals surface area contributed by atoms with Crippen molar-refractivity contribution in [3.63, 3.8) is 0 Å². The van der Waals surface area contributed by atoms with Gasteiger partial charge in [0, 0.05) is 75.0 Å². The number of benzene rings is 2. The molecular weight excluding hydrogens is 701 g/mol. The van der Waals surface area contributed by atoms with Gasteiger partial charge in [-0.15, -0.1) is 0 Å². The number of ether oxygens (including phenoxy) is 2. The zero-order valence-electron chi connectivity index (χ0n) is 30.6. The van der Waals surface area contributed by atoms with Crippen LogP contribution in [0.2, 0.25) is 0 Å². The fraction of sp³-hybridized carbons (Fsp3) is 0.459. The Kier molecular flexibility index (Phi) is 10.6. The van der Waals surface area contributed by atoms with Crippen molar-refractivity contribution in [2.75, 3.05) is 74.2 Å². The summed E-state index contributed by atoms with van der Waals surface area (Å²) < 4.78 is 39.4. The minimum Gasteiger partial charge on any atom is -0.469 e. The summed E-state index contributed by atoms with van der Waals surface area (Å²) >= 11 is 0. The number of nitrogens with zero attached hydrogens (tertiary/aromatic N) is 8. The van der Waals surface area contributed by atoms with Crippen LogP contribution in [0.1, 0.15) is 54.5 Å². The molecule has 16 heteroatoms. The molecule has 0 saturated carbocycles. The number of hydrogen-bond donors (Lipinski definition) is 0. The van der Waals surface area contributed by atoms with Crippen LogP contribution in [0.3, 0.4) is 0 Å². The third-order valence-corrected chi connectivity index (χ3v) is 11.4. The van der Waals surface area contributed by atoms with Crippen LogP contribution in [0.15, 0.2) is 53.4 Å². The molecule has 53 heavy (non-hydrogen) atoms. The van der Waals surface area contributed by atoms with Crippen LogP contribution < -0.4 is 14.7 Å². The Labute approximate surface area is 309 Å². The second-order valence-corrected chi connectivity index (χ2v) is 16.2. The Morgan fingerprint density at radius 2 is 1.72 bits per heavy atom. The Hall–Kier alpha value is -5.27. The number of sulfonamides is 1. The molecule has 0 radical (unpaired) electrons. The van der Waals surface area contributed by atoms with Gasteiger partial charge >= 0.3 is 12.1 Å². The van der Waals surface area contributed by atoms with E-state index in [2.05, 4.69) is 9.97 Å². The Morgan fingerprint density at radius 3 is 2.42 bits per heavy atom. The number of anilines is 3. The van der Waals surface area contributed by atoms with Crippen LogP contribution in [0.5, 0.6) is 0 Å². The van der Waals surface area contributed by atoms with Crippen LogP contribution in [0.25, 0.3) is 0 Å². The van der Waals surface area contributed by atoms with E-state index in [4.69, 9.17) is 9.47 Å². The van der Waals surface area contributed by atoms with Gasteiger partial charge in [-0.3, -0.25) is 9.59 Å². The molecule has 0 spiro atoms. The summed E-state index contributed by atoms with van der Waals surface area (Å²) in [6.07, 6.45) is 0.0856. The van der Waals surface area contributed by atoms with Gasteiger partial charge in [0.2, 0.25) is 16.0 Å². The van der Waals surface area contributed by atoms with Crippen molar-refractivity contribution in [3.8, 4) is 6.07 Å². The summed E-state index contributed by atoms with van der Waals surface area (Å²) in [5, 5.41) is 9.28. The first-order valence-corrected chi connectivity index (χ1v) is 19.0. The fourth-order valence-corrected chi connectivity index (χ4v) is 8.36. The molecule has 2 amide bonds. The van der Waals surface area contributed by atoms with E-state index in [1.807, 2.05) is 21.9 Å². The van der Waals surface area contributed by atoms with Gasteiger partial charge < -0.3 is 29.1 Å². The molecule has 1 atom stereocenters. The highest BCUT2D eigenvalue weighted by molar-refractivity contribution is 7.89. The highest BCUT2D eigenvalue weighted by atomic mass is 32.2. The molecule has 0 N–H and O–H groups in total. The summed E-state index contributed by atoms with van der Waals surface area (Å²) in [6, 6.07) is 15.3. The minimum absolute atomic E-state index is 0.0404. The Balaban J connectivity index is 1.15. The van der Waals surface area contributed by atoms with E-state index in [0.29, 0.717) is 62.0 Å². The Bertz CT molecular complexity index is 2050. The number of methoxy groups -OCH3 is 1. The van der Waals surface area contributed by atoms with Gasteiger partial charge in [0.1, 0.15) is 17.4 Å². The molecule has 4 heterocycles. The van der Waals surface area contributed by atoms with Crippen molar-refractivity contribution < 1.29 is 32.3 Å². The number of nitriles is 1. The van der Waals surface area contributed by atoms with E-state index < -0.39 is 33.7 Å². The molecule has 0 aliphatic carbocycles. The molecule has 3 aromatic rings. The number of rotatable bonds is 7. The van der Waals surface area contributed by atoms with E-state index in [1.165, 1.54) is 11.4 Å². The zero-order valence-corrected chi connectivity index (χ0v) is 31.4. The van der Waals surface area contributed by atoms with E-state index in [9.17, 15) is 28.1 Å². The first kappa shape index (κ1) is 37.5. The van der Waals surface area contributed by atoms with Gasteiger partial charge in [0.25, 0.3) is 5.91 Å². The van der Waals surface area contributed by atoms with E-state index in [0.717, 1.165) is 11.3 Å². The maximum absolute atomic E-state index is 14.0. The number of fused-ring (bicyclic) bond motifs is 1. The van der Waals surface area contributed by atoms with Gasteiger partial charge in [-0.05, 0) is 82.1 Å². The largest absolute Gasteiger partial charge is 0.469 e. The van der Waals surface area contributed by atoms with Crippen LogP contribution in [-0.4, -0.2) is 117 Å². The molecule has 2 fully saturated rings. The molecular formula is C37H44N8O7S. The minimum atomic E-state index is -3.81. The second kappa shape index (κ2) is 15.0. The third kappa shape index (κ3) is 8.21. The summed E-state index contributed by atoms with van der Waals surface area (Å²) in [7, 11) is -2.49. The van der Waals surface area contributed by atoms with Gasteiger partial charge in [-0.2, -0.15) is 9.57 Å². The number of aromatic nitrogens is 2. The molecule has 6 rings (SSSR count). The van der Waals surface area contributed by atoms with Crippen LogP contribution in [0.4, 0.5) is 22.1 Å². The number of amides is 2. The van der Waals surface area contributed by atoms with Crippen molar-refractivity contribution in [1.82, 2.24) is 19.2 Å². The lowest BCUT2D eigenvalue weighted by molar-refractivity contribution is -0.141. The number of carbonyl (C=O) groups excluding carboxylic acids is 3. The lowest BCUT2D eigenvalue weighted by atomic mass is 10.1. The van der Waals surface area contributed by atoms with Crippen LogP contribution in [0, 0.1) is 18.3 Å². The monoisotopic (exact) mass is 744 g/mol. The van der Waals surface area contributed by atoms with Crippen molar-refractivity contribution >= 4 is 45.3 Å². The average Bonchev–Trinajstić information content (AvgIpc) is 3.57. The number of esters is 1. The normalized spacial score (nSPS) is 18.0. The predicted molar refractivity (Wildman–Crippen MR) is 196 cm³/mol. The molecule has 2 aromatic carbocycles. The molecule has 3 aliphatic heterocycles. The second-order valence-electron chi connectivity index (χ2n) is 14.3. The molecule has 15 nitrogen and oxygen atoms in total. The number of carbonyl (C=O) groups is 3. The van der Waals surface area contributed by atoms with Crippen LogP contribution in [-0.2, 0) is 30.7 Å². The van der Waals surface area contributed by atoms with Crippen molar-refractivity contribution in [1.29, 1.82) is 5.26 Å². The zero-order chi connectivity index (χ0) is 38.1.